The maximum atomic E-state index is 9.51. The van der Waals surface area contributed by atoms with E-state index in [0.717, 1.165) is 0 Å². The van der Waals surface area contributed by atoms with Crippen LogP contribution in [-0.2, 0) is 0 Å². The first-order valence-corrected chi connectivity index (χ1v) is 4.21. The van der Waals surface area contributed by atoms with E-state index in [1.165, 1.54) is 6.07 Å². The number of hydrogen-bond acceptors (Lipinski definition) is 5. The van der Waals surface area contributed by atoms with Crippen molar-refractivity contribution in [1.82, 2.24) is 0 Å². The standard InChI is InChI=1S/C9H11NO4/c10-6(3-11)5-1-7(12)9-8(2-5)13-4-14-9/h1-2,6,11-12H,3-4,10H2. The average molecular weight is 197 g/mol. The molecule has 5 nitrogen and oxygen atoms in total. The highest BCUT2D eigenvalue weighted by Gasteiger charge is 2.20. The van der Waals surface area contributed by atoms with Gasteiger partial charge in [0.2, 0.25) is 12.5 Å². The number of fused-ring (bicyclic) bond motifs is 1. The lowest BCUT2D eigenvalue weighted by molar-refractivity contribution is 0.171. The number of hydrogen-bond donors (Lipinski definition) is 3. The fourth-order valence-corrected chi connectivity index (χ4v) is 1.33. The predicted molar refractivity (Wildman–Crippen MR) is 48.2 cm³/mol. The Morgan fingerprint density at radius 1 is 1.43 bits per heavy atom. The molecular formula is C9H11NO4. The van der Waals surface area contributed by atoms with Gasteiger partial charge in [-0.15, -0.1) is 0 Å². The average Bonchev–Trinajstić information content (AvgIpc) is 2.64. The van der Waals surface area contributed by atoms with Gasteiger partial charge in [0.15, 0.2) is 11.5 Å². The minimum Gasteiger partial charge on any atom is -0.504 e. The van der Waals surface area contributed by atoms with Gasteiger partial charge in [0.25, 0.3) is 0 Å². The highest BCUT2D eigenvalue weighted by molar-refractivity contribution is 5.54. The van der Waals surface area contributed by atoms with E-state index < -0.39 is 6.04 Å². The van der Waals surface area contributed by atoms with E-state index >= 15 is 0 Å². The highest BCUT2D eigenvalue weighted by atomic mass is 16.7. The normalized spacial score (nSPS) is 15.6. The molecule has 1 aromatic rings. The Kier molecular flexibility index (Phi) is 2.18. The number of benzene rings is 1. The van der Waals surface area contributed by atoms with Crippen LogP contribution in [0.1, 0.15) is 11.6 Å². The number of nitrogens with two attached hydrogens (primary N) is 1. The second-order valence-electron chi connectivity index (χ2n) is 3.06. The Balaban J connectivity index is 2.41. The van der Waals surface area contributed by atoms with Gasteiger partial charge in [-0.05, 0) is 17.7 Å². The number of aliphatic hydroxyl groups excluding tert-OH is 1. The SMILES string of the molecule is NC(CO)c1cc(O)c2c(c1)OCO2. The molecule has 2 rings (SSSR count). The lowest BCUT2D eigenvalue weighted by Gasteiger charge is -2.09. The van der Waals surface area contributed by atoms with Crippen molar-refractivity contribution < 1.29 is 19.7 Å². The van der Waals surface area contributed by atoms with Crippen molar-refractivity contribution in [3.05, 3.63) is 17.7 Å². The molecule has 5 heteroatoms. The highest BCUT2D eigenvalue weighted by Crippen LogP contribution is 2.41. The first-order valence-electron chi connectivity index (χ1n) is 4.21. The topological polar surface area (TPSA) is 84.9 Å². The number of aliphatic hydroxyl groups is 1. The van der Waals surface area contributed by atoms with E-state index in [4.69, 9.17) is 20.3 Å². The Labute approximate surface area is 80.7 Å². The lowest BCUT2D eigenvalue weighted by atomic mass is 10.1. The molecule has 0 saturated carbocycles. The summed E-state index contributed by atoms with van der Waals surface area (Å²) in [6, 6.07) is 2.60. The Hall–Kier alpha value is -1.46. The zero-order valence-electron chi connectivity index (χ0n) is 7.43. The number of phenolic OH excluding ortho intramolecular Hbond substituents is 1. The Bertz CT molecular complexity index is 353. The molecule has 0 amide bonds. The predicted octanol–water partition coefficient (Wildman–Crippen LogP) is 0.113. The maximum absolute atomic E-state index is 9.51. The molecule has 76 valence electrons. The van der Waals surface area contributed by atoms with Crippen molar-refractivity contribution in [3.63, 3.8) is 0 Å². The molecule has 0 aromatic heterocycles. The molecule has 0 bridgehead atoms. The molecule has 1 aliphatic heterocycles. The van der Waals surface area contributed by atoms with Crippen molar-refractivity contribution in [3.8, 4) is 17.2 Å². The summed E-state index contributed by atoms with van der Waals surface area (Å²) in [6.45, 7) is -0.0835. The fourth-order valence-electron chi connectivity index (χ4n) is 1.33. The zero-order chi connectivity index (χ0) is 10.1. The second-order valence-corrected chi connectivity index (χ2v) is 3.06. The zero-order valence-corrected chi connectivity index (χ0v) is 7.43. The molecule has 1 aliphatic rings. The molecule has 0 radical (unpaired) electrons. The third-order valence-corrected chi connectivity index (χ3v) is 2.10. The first kappa shape index (κ1) is 9.11. The van der Waals surface area contributed by atoms with Gasteiger partial charge >= 0.3 is 0 Å². The summed E-state index contributed by atoms with van der Waals surface area (Å²) >= 11 is 0. The van der Waals surface area contributed by atoms with Gasteiger partial charge in [-0.3, -0.25) is 0 Å². The van der Waals surface area contributed by atoms with Gasteiger partial charge in [-0.2, -0.15) is 0 Å². The summed E-state index contributed by atoms with van der Waals surface area (Å²) in [6.07, 6.45) is 0. The van der Waals surface area contributed by atoms with Crippen LogP contribution in [-0.4, -0.2) is 23.6 Å². The van der Waals surface area contributed by atoms with Crippen LogP contribution in [0.15, 0.2) is 12.1 Å². The van der Waals surface area contributed by atoms with Gasteiger partial charge in [0, 0.05) is 0 Å². The second kappa shape index (κ2) is 3.36. The van der Waals surface area contributed by atoms with Gasteiger partial charge in [0.1, 0.15) is 0 Å². The van der Waals surface area contributed by atoms with Crippen LogP contribution < -0.4 is 15.2 Å². The smallest absolute Gasteiger partial charge is 0.231 e. The van der Waals surface area contributed by atoms with Gasteiger partial charge in [-0.1, -0.05) is 0 Å². The third kappa shape index (κ3) is 1.36. The van der Waals surface area contributed by atoms with Gasteiger partial charge < -0.3 is 25.4 Å². The van der Waals surface area contributed by atoms with Gasteiger partial charge in [-0.25, -0.2) is 0 Å². The number of rotatable bonds is 2. The van der Waals surface area contributed by atoms with E-state index in [0.29, 0.717) is 17.1 Å². The van der Waals surface area contributed by atoms with Crippen LogP contribution in [0.5, 0.6) is 17.2 Å². The molecular weight excluding hydrogens is 186 g/mol. The molecule has 1 atom stereocenters. The first-order chi connectivity index (χ1) is 6.72. The van der Waals surface area contributed by atoms with Crippen LogP contribution >= 0.6 is 0 Å². The molecule has 4 N–H and O–H groups in total. The number of ether oxygens (including phenoxy) is 2. The molecule has 1 heterocycles. The lowest BCUT2D eigenvalue weighted by Crippen LogP contribution is -2.14. The number of aromatic hydroxyl groups is 1. The summed E-state index contributed by atoms with van der Waals surface area (Å²) in [7, 11) is 0. The van der Waals surface area contributed by atoms with Crippen LogP contribution in [0.25, 0.3) is 0 Å². The van der Waals surface area contributed by atoms with Crippen LogP contribution in [0.3, 0.4) is 0 Å². The summed E-state index contributed by atoms with van der Waals surface area (Å²) in [5.74, 6) is 0.779. The fraction of sp³-hybridized carbons (Fsp3) is 0.333. The maximum Gasteiger partial charge on any atom is 0.231 e. The summed E-state index contributed by atoms with van der Waals surface area (Å²) < 4.78 is 10.1. The van der Waals surface area contributed by atoms with E-state index in [2.05, 4.69) is 0 Å². The van der Waals surface area contributed by atoms with Crippen molar-refractivity contribution in [2.24, 2.45) is 5.73 Å². The monoisotopic (exact) mass is 197 g/mol. The Morgan fingerprint density at radius 3 is 2.93 bits per heavy atom. The Morgan fingerprint density at radius 2 is 2.21 bits per heavy atom. The van der Waals surface area contributed by atoms with E-state index in [-0.39, 0.29) is 19.1 Å². The summed E-state index contributed by atoms with van der Waals surface area (Å²) in [4.78, 5) is 0. The van der Waals surface area contributed by atoms with E-state index in [1.807, 2.05) is 0 Å². The summed E-state index contributed by atoms with van der Waals surface area (Å²) in [5, 5.41) is 18.4. The van der Waals surface area contributed by atoms with Crippen LogP contribution in [0, 0.1) is 0 Å². The molecule has 0 fully saturated rings. The molecule has 0 aliphatic carbocycles. The largest absolute Gasteiger partial charge is 0.504 e. The van der Waals surface area contributed by atoms with Crippen molar-refractivity contribution in [1.29, 1.82) is 0 Å². The molecule has 1 unspecified atom stereocenters. The minimum atomic E-state index is -0.518. The molecule has 14 heavy (non-hydrogen) atoms. The van der Waals surface area contributed by atoms with Crippen molar-refractivity contribution in [2.45, 2.75) is 6.04 Å². The van der Waals surface area contributed by atoms with Gasteiger partial charge in [0.05, 0.1) is 12.6 Å². The molecule has 0 spiro atoms. The quantitative estimate of drug-likeness (QED) is 0.626. The van der Waals surface area contributed by atoms with Crippen molar-refractivity contribution in [2.75, 3.05) is 13.4 Å². The third-order valence-electron chi connectivity index (χ3n) is 2.10. The molecule has 0 saturated heterocycles. The summed E-state index contributed by atoms with van der Waals surface area (Å²) in [5.41, 5.74) is 6.22. The van der Waals surface area contributed by atoms with Crippen LogP contribution in [0.2, 0.25) is 0 Å². The number of phenols is 1. The minimum absolute atomic E-state index is 0.0149. The van der Waals surface area contributed by atoms with E-state index in [1.54, 1.807) is 6.07 Å². The van der Waals surface area contributed by atoms with Crippen LogP contribution in [0.4, 0.5) is 0 Å². The van der Waals surface area contributed by atoms with Crippen molar-refractivity contribution >= 4 is 0 Å². The van der Waals surface area contributed by atoms with E-state index in [9.17, 15) is 5.11 Å². The molecule has 1 aromatic carbocycles.